The summed E-state index contributed by atoms with van der Waals surface area (Å²) in [4.78, 5) is 0. The Balaban J connectivity index is 0.00000242. The Morgan fingerprint density at radius 2 is 0.690 bits per heavy atom. The maximum atomic E-state index is 10.9. The molecule has 0 spiro atoms. The molecule has 2 unspecified atom stereocenters. The molecule has 0 radical (unpaired) electrons. The summed E-state index contributed by atoms with van der Waals surface area (Å²) in [5.74, 6) is 1.33. The fraction of sp³-hybridized carbons (Fsp3) is 0.167. The highest BCUT2D eigenvalue weighted by Crippen LogP contribution is 2.39. The molecule has 0 fully saturated rings. The highest BCUT2D eigenvalue weighted by molar-refractivity contribution is 7.37. The van der Waals surface area contributed by atoms with Crippen LogP contribution in [-0.4, -0.2) is 22.5 Å². The maximum Gasteiger partial charge on any atom is 0.123 e. The summed E-state index contributed by atoms with van der Waals surface area (Å²) in [6.45, 7) is 0. The van der Waals surface area contributed by atoms with Gasteiger partial charge in [-0.3, -0.25) is 0 Å². The van der Waals surface area contributed by atoms with Gasteiger partial charge in [0.2, 0.25) is 0 Å². The first-order valence-corrected chi connectivity index (χ1v) is 17.3. The van der Waals surface area contributed by atoms with Crippen LogP contribution in [0.4, 0.5) is 0 Å². The summed E-state index contributed by atoms with van der Waals surface area (Å²) in [6.07, 6.45) is 3.74. The van der Waals surface area contributed by atoms with Gasteiger partial charge in [-0.15, -0.1) is 0 Å². The second-order valence-electron chi connectivity index (χ2n) is 10.3. The van der Waals surface area contributed by atoms with E-state index in [1.54, 1.807) is 0 Å². The van der Waals surface area contributed by atoms with Crippen LogP contribution < -0.4 is 34.0 Å². The SMILES string of the molecule is Oc1cc(C[PH2+]CC(c2ccccc2)c2ccccc2)c(O)cc1C[PH2+]CC(c1ccccc1)c1ccccc1.[Br-].[Br-]. The molecule has 2 nitrogen and oxygen atoms in total. The molecule has 0 saturated carbocycles. The van der Waals surface area contributed by atoms with Crippen LogP contribution in [0.25, 0.3) is 0 Å². The first kappa shape index (κ1) is 34.0. The van der Waals surface area contributed by atoms with Gasteiger partial charge in [-0.2, -0.15) is 0 Å². The molecule has 0 aliphatic heterocycles. The number of halogens is 2. The summed E-state index contributed by atoms with van der Waals surface area (Å²) in [6, 6.07) is 46.3. The van der Waals surface area contributed by atoms with E-state index in [1.807, 2.05) is 12.1 Å². The lowest BCUT2D eigenvalue weighted by Gasteiger charge is -2.16. The highest BCUT2D eigenvalue weighted by atomic mass is 79.9. The van der Waals surface area contributed by atoms with Crippen LogP contribution in [0.1, 0.15) is 45.2 Å². The van der Waals surface area contributed by atoms with Crippen LogP contribution >= 0.6 is 17.2 Å². The Labute approximate surface area is 274 Å². The van der Waals surface area contributed by atoms with Gasteiger partial charge in [0, 0.05) is 23.0 Å². The van der Waals surface area contributed by atoms with Gasteiger partial charge >= 0.3 is 0 Å². The van der Waals surface area contributed by atoms with Crippen molar-refractivity contribution in [3.05, 3.63) is 167 Å². The number of benzene rings is 5. The molecule has 0 heterocycles. The zero-order chi connectivity index (χ0) is 27.6. The van der Waals surface area contributed by atoms with Crippen molar-refractivity contribution in [1.29, 1.82) is 0 Å². The molecule has 0 saturated heterocycles. The zero-order valence-electron chi connectivity index (χ0n) is 23.5. The van der Waals surface area contributed by atoms with E-state index in [0.29, 0.717) is 23.3 Å². The Bertz CT molecular complexity index is 1280. The van der Waals surface area contributed by atoms with Crippen LogP contribution in [0.15, 0.2) is 133 Å². The third-order valence-corrected chi connectivity index (χ3v) is 10.7. The van der Waals surface area contributed by atoms with E-state index in [9.17, 15) is 10.2 Å². The van der Waals surface area contributed by atoms with Crippen LogP contribution in [0, 0.1) is 0 Å². The summed E-state index contributed by atoms with van der Waals surface area (Å²) in [5.41, 5.74) is 7.04. The molecule has 5 rings (SSSR count). The van der Waals surface area contributed by atoms with E-state index in [2.05, 4.69) is 121 Å². The van der Waals surface area contributed by atoms with Crippen molar-refractivity contribution in [3.8, 4) is 11.5 Å². The third-order valence-electron chi connectivity index (χ3n) is 7.62. The van der Waals surface area contributed by atoms with Gasteiger partial charge in [0.15, 0.2) is 0 Å². The van der Waals surface area contributed by atoms with Crippen LogP contribution in [0.3, 0.4) is 0 Å². The summed E-state index contributed by atoms with van der Waals surface area (Å²) in [5, 5.41) is 21.8. The topological polar surface area (TPSA) is 40.5 Å². The fourth-order valence-corrected chi connectivity index (χ4v) is 8.84. The minimum atomic E-state index is 0. The van der Waals surface area contributed by atoms with E-state index in [1.165, 1.54) is 22.3 Å². The van der Waals surface area contributed by atoms with Gasteiger partial charge in [-0.1, -0.05) is 121 Å². The molecule has 0 amide bonds. The van der Waals surface area contributed by atoms with Crippen LogP contribution in [0.5, 0.6) is 11.5 Å². The molecule has 42 heavy (non-hydrogen) atoms. The number of phenolic OH excluding ortho intramolecular Hbond substituents is 2. The maximum absolute atomic E-state index is 10.9. The number of rotatable bonds is 12. The molecule has 0 aliphatic carbocycles. The molecular formula is C36H38Br2O2P2. The Morgan fingerprint density at radius 3 is 0.952 bits per heavy atom. The quantitative estimate of drug-likeness (QED) is 0.154. The van der Waals surface area contributed by atoms with Gasteiger partial charge in [0.1, 0.15) is 11.5 Å². The minimum Gasteiger partial charge on any atom is -1.00 e. The van der Waals surface area contributed by atoms with Gasteiger partial charge < -0.3 is 44.2 Å². The van der Waals surface area contributed by atoms with Gasteiger partial charge in [-0.25, -0.2) is 0 Å². The number of hydrogen-bond donors (Lipinski definition) is 2. The van der Waals surface area contributed by atoms with E-state index >= 15 is 0 Å². The molecule has 0 aliphatic rings. The second-order valence-corrected chi connectivity index (χ2v) is 13.2. The lowest BCUT2D eigenvalue weighted by atomic mass is 9.93. The molecule has 5 aromatic carbocycles. The molecule has 0 aromatic heterocycles. The van der Waals surface area contributed by atoms with Gasteiger partial charge in [0.05, 0.1) is 24.6 Å². The van der Waals surface area contributed by atoms with Crippen molar-refractivity contribution >= 4 is 17.2 Å². The number of hydrogen-bond acceptors (Lipinski definition) is 2. The predicted molar refractivity (Wildman–Crippen MR) is 176 cm³/mol. The molecular weight excluding hydrogens is 686 g/mol. The van der Waals surface area contributed by atoms with E-state index in [4.69, 9.17) is 0 Å². The standard InChI is InChI=1S/C36H36O2P2.2BrH/c37-35-22-32(24-40-26-34(29-17-9-3-10-18-29)30-19-11-4-12-20-30)36(38)21-31(35)23-39-25-33(27-13-5-1-6-14-27)28-15-7-2-8-16-28;;/h1-22,33-34,37-40H,23-26H2;2*1H. The monoisotopic (exact) mass is 722 g/mol. The summed E-state index contributed by atoms with van der Waals surface area (Å²) < 4.78 is 0. The Kier molecular flexibility index (Phi) is 14.2. The van der Waals surface area contributed by atoms with Crippen molar-refractivity contribution in [2.75, 3.05) is 12.3 Å². The molecule has 218 valence electrons. The molecule has 2 atom stereocenters. The summed E-state index contributed by atoms with van der Waals surface area (Å²) >= 11 is 0. The predicted octanol–water partition coefficient (Wildman–Crippen LogP) is 2.59. The molecule has 2 N–H and O–H groups in total. The highest BCUT2D eigenvalue weighted by Gasteiger charge is 2.20. The summed E-state index contributed by atoms with van der Waals surface area (Å²) in [7, 11) is 0.106. The Morgan fingerprint density at radius 1 is 0.429 bits per heavy atom. The van der Waals surface area contributed by atoms with E-state index in [0.717, 1.165) is 35.8 Å². The molecule has 5 aromatic rings. The average Bonchev–Trinajstić information content (AvgIpc) is 3.01. The second kappa shape index (κ2) is 17.6. The van der Waals surface area contributed by atoms with Crippen molar-refractivity contribution in [2.45, 2.75) is 24.2 Å². The van der Waals surface area contributed by atoms with Crippen LogP contribution in [0.2, 0.25) is 0 Å². The molecule has 6 heteroatoms. The molecule has 0 bridgehead atoms. The zero-order valence-corrected chi connectivity index (χ0v) is 29.0. The van der Waals surface area contributed by atoms with Crippen molar-refractivity contribution in [1.82, 2.24) is 0 Å². The first-order valence-electron chi connectivity index (χ1n) is 14.1. The van der Waals surface area contributed by atoms with Gasteiger partial charge in [0.25, 0.3) is 0 Å². The van der Waals surface area contributed by atoms with Crippen LogP contribution in [-0.2, 0) is 12.3 Å². The lowest BCUT2D eigenvalue weighted by molar-refractivity contribution is -0.00100. The number of aromatic hydroxyl groups is 2. The smallest absolute Gasteiger partial charge is 0.123 e. The average molecular weight is 724 g/mol. The fourth-order valence-electron chi connectivity index (χ4n) is 5.47. The van der Waals surface area contributed by atoms with Gasteiger partial charge in [-0.05, 0) is 51.5 Å². The third kappa shape index (κ3) is 9.26. The lowest BCUT2D eigenvalue weighted by Crippen LogP contribution is -3.00. The van der Waals surface area contributed by atoms with Crippen molar-refractivity contribution in [3.63, 3.8) is 0 Å². The van der Waals surface area contributed by atoms with E-state index < -0.39 is 0 Å². The van der Waals surface area contributed by atoms with Crippen molar-refractivity contribution in [2.24, 2.45) is 0 Å². The Hall–Kier alpha value is -2.48. The van der Waals surface area contributed by atoms with E-state index in [-0.39, 0.29) is 51.1 Å². The largest absolute Gasteiger partial charge is 1.00 e. The van der Waals surface area contributed by atoms with Crippen molar-refractivity contribution < 1.29 is 44.2 Å². The normalized spacial score (nSPS) is 11.3. The first-order chi connectivity index (χ1) is 19.7. The number of phenols is 2. The minimum absolute atomic E-state index is 0.